The third kappa shape index (κ3) is 2.63. The van der Waals surface area contributed by atoms with Gasteiger partial charge in [0, 0.05) is 38.6 Å². The van der Waals surface area contributed by atoms with Crippen molar-refractivity contribution in [2.45, 2.75) is 31.7 Å². The van der Waals surface area contributed by atoms with Gasteiger partial charge >= 0.3 is 0 Å². The van der Waals surface area contributed by atoms with Gasteiger partial charge in [-0.15, -0.1) is 0 Å². The Morgan fingerprint density at radius 3 is 2.65 bits per heavy atom. The summed E-state index contributed by atoms with van der Waals surface area (Å²) in [7, 11) is 2.07. The number of nitrogens with one attached hydrogen (secondary N) is 1. The zero-order chi connectivity index (χ0) is 11.7. The molecule has 94 valence electrons. The largest absolute Gasteiger partial charge is 0.342 e. The quantitative estimate of drug-likeness (QED) is 0.854. The molecule has 1 saturated heterocycles. The fourth-order valence-electron chi connectivity index (χ4n) is 2.62. The summed E-state index contributed by atoms with van der Waals surface area (Å²) in [6.45, 7) is 3.53. The van der Waals surface area contributed by atoms with Crippen molar-refractivity contribution in [2.75, 3.05) is 24.5 Å². The molecule has 17 heavy (non-hydrogen) atoms. The van der Waals surface area contributed by atoms with E-state index < -0.39 is 0 Å². The Balaban J connectivity index is 1.48. The van der Waals surface area contributed by atoms with E-state index in [9.17, 15) is 0 Å². The Morgan fingerprint density at radius 1 is 1.29 bits per heavy atom. The maximum absolute atomic E-state index is 4.42. The second-order valence-electron chi connectivity index (χ2n) is 5.45. The van der Waals surface area contributed by atoms with Gasteiger partial charge in [0.05, 0.1) is 0 Å². The molecule has 1 aliphatic heterocycles. The van der Waals surface area contributed by atoms with Crippen molar-refractivity contribution in [3.05, 3.63) is 12.4 Å². The van der Waals surface area contributed by atoms with Crippen LogP contribution >= 0.6 is 0 Å². The van der Waals surface area contributed by atoms with Crippen LogP contribution in [0.1, 0.15) is 25.7 Å². The van der Waals surface area contributed by atoms with Crippen LogP contribution in [0.5, 0.6) is 0 Å². The molecule has 0 atom stereocenters. The molecule has 0 radical (unpaired) electrons. The summed E-state index contributed by atoms with van der Waals surface area (Å²) in [5, 5.41) is 3.65. The van der Waals surface area contributed by atoms with Gasteiger partial charge in [-0.3, -0.25) is 0 Å². The lowest BCUT2D eigenvalue weighted by molar-refractivity contribution is 0.378. The van der Waals surface area contributed by atoms with Gasteiger partial charge in [0.15, 0.2) is 0 Å². The Hall–Kier alpha value is -1.03. The van der Waals surface area contributed by atoms with Gasteiger partial charge in [-0.2, -0.15) is 0 Å². The van der Waals surface area contributed by atoms with Gasteiger partial charge in [-0.1, -0.05) is 0 Å². The summed E-state index contributed by atoms with van der Waals surface area (Å²) in [5.74, 6) is 1.99. The van der Waals surface area contributed by atoms with Crippen molar-refractivity contribution in [3.8, 4) is 0 Å². The van der Waals surface area contributed by atoms with Crippen LogP contribution in [-0.4, -0.2) is 35.2 Å². The van der Waals surface area contributed by atoms with Crippen molar-refractivity contribution >= 4 is 5.95 Å². The minimum Gasteiger partial charge on any atom is -0.342 e. The molecule has 0 spiro atoms. The van der Waals surface area contributed by atoms with Crippen LogP contribution in [0.15, 0.2) is 12.4 Å². The highest BCUT2D eigenvalue weighted by Gasteiger charge is 2.25. The fourth-order valence-corrected chi connectivity index (χ4v) is 2.62. The molecule has 1 aromatic heterocycles. The summed E-state index contributed by atoms with van der Waals surface area (Å²) in [6.07, 6.45) is 9.30. The molecule has 1 saturated carbocycles. The maximum Gasteiger partial charge on any atom is 0.205 e. The average Bonchev–Trinajstić information content (AvgIpc) is 3.09. The lowest BCUT2D eigenvalue weighted by Gasteiger charge is -2.32. The molecular formula is C13H22N4. The molecule has 1 aromatic rings. The van der Waals surface area contributed by atoms with E-state index in [2.05, 4.69) is 26.8 Å². The van der Waals surface area contributed by atoms with Crippen LogP contribution in [-0.2, 0) is 7.05 Å². The van der Waals surface area contributed by atoms with E-state index in [1.54, 1.807) is 0 Å². The number of aromatic nitrogens is 2. The number of anilines is 1. The summed E-state index contributed by atoms with van der Waals surface area (Å²) in [6, 6.07) is 0.850. The van der Waals surface area contributed by atoms with Gasteiger partial charge in [-0.25, -0.2) is 4.98 Å². The number of hydrogen-bond acceptors (Lipinski definition) is 3. The van der Waals surface area contributed by atoms with E-state index in [4.69, 9.17) is 0 Å². The SMILES string of the molecule is Cn1ccnc1N1CCC(CNC2CC2)CC1. The van der Waals surface area contributed by atoms with Crippen LogP contribution in [0.4, 0.5) is 5.95 Å². The van der Waals surface area contributed by atoms with Crippen molar-refractivity contribution in [1.29, 1.82) is 0 Å². The van der Waals surface area contributed by atoms with Crippen molar-refractivity contribution in [2.24, 2.45) is 13.0 Å². The fraction of sp³-hybridized carbons (Fsp3) is 0.769. The van der Waals surface area contributed by atoms with Crippen molar-refractivity contribution < 1.29 is 0 Å². The molecule has 4 nitrogen and oxygen atoms in total. The predicted molar refractivity (Wildman–Crippen MR) is 69.2 cm³/mol. The van der Waals surface area contributed by atoms with E-state index in [0.717, 1.165) is 31.0 Å². The molecule has 0 bridgehead atoms. The first-order valence-electron chi connectivity index (χ1n) is 6.78. The van der Waals surface area contributed by atoms with E-state index in [1.165, 1.54) is 32.2 Å². The van der Waals surface area contributed by atoms with E-state index >= 15 is 0 Å². The Bertz CT molecular complexity index is 361. The normalized spacial score (nSPS) is 22.1. The molecule has 3 rings (SSSR count). The van der Waals surface area contributed by atoms with Crippen molar-refractivity contribution in [1.82, 2.24) is 14.9 Å². The highest BCUT2D eigenvalue weighted by atomic mass is 15.3. The number of hydrogen-bond donors (Lipinski definition) is 1. The molecule has 1 N–H and O–H groups in total. The number of nitrogens with zero attached hydrogens (tertiary/aromatic N) is 3. The van der Waals surface area contributed by atoms with Crippen LogP contribution in [0.3, 0.4) is 0 Å². The van der Waals surface area contributed by atoms with E-state index in [0.29, 0.717) is 0 Å². The number of rotatable bonds is 4. The highest BCUT2D eigenvalue weighted by Crippen LogP contribution is 2.23. The number of imidazole rings is 1. The molecular weight excluding hydrogens is 212 g/mol. The number of piperidine rings is 1. The molecule has 2 aliphatic rings. The zero-order valence-corrected chi connectivity index (χ0v) is 10.6. The van der Waals surface area contributed by atoms with Gasteiger partial charge in [0.25, 0.3) is 0 Å². The molecule has 0 unspecified atom stereocenters. The van der Waals surface area contributed by atoms with E-state index in [1.807, 2.05) is 12.4 Å². The van der Waals surface area contributed by atoms with Gasteiger partial charge in [-0.05, 0) is 38.1 Å². The molecule has 0 aromatic carbocycles. The minimum atomic E-state index is 0.850. The molecule has 0 amide bonds. The number of aryl methyl sites for hydroxylation is 1. The summed E-state index contributed by atoms with van der Waals surface area (Å²) in [5.41, 5.74) is 0. The van der Waals surface area contributed by atoms with Gasteiger partial charge < -0.3 is 14.8 Å². The van der Waals surface area contributed by atoms with Gasteiger partial charge in [0.1, 0.15) is 0 Å². The molecule has 2 heterocycles. The zero-order valence-electron chi connectivity index (χ0n) is 10.6. The van der Waals surface area contributed by atoms with Gasteiger partial charge in [0.2, 0.25) is 5.95 Å². The minimum absolute atomic E-state index is 0.850. The van der Waals surface area contributed by atoms with Crippen LogP contribution in [0, 0.1) is 5.92 Å². The molecule has 2 fully saturated rings. The lowest BCUT2D eigenvalue weighted by Crippen LogP contribution is -2.38. The predicted octanol–water partition coefficient (Wildman–Crippen LogP) is 1.39. The maximum atomic E-state index is 4.42. The summed E-state index contributed by atoms with van der Waals surface area (Å²) in [4.78, 5) is 6.83. The van der Waals surface area contributed by atoms with Crippen LogP contribution < -0.4 is 10.2 Å². The average molecular weight is 234 g/mol. The molecule has 1 aliphatic carbocycles. The highest BCUT2D eigenvalue weighted by molar-refractivity contribution is 5.31. The topological polar surface area (TPSA) is 33.1 Å². The second-order valence-corrected chi connectivity index (χ2v) is 5.45. The third-order valence-electron chi connectivity index (χ3n) is 3.97. The second kappa shape index (κ2) is 4.69. The van der Waals surface area contributed by atoms with Crippen molar-refractivity contribution in [3.63, 3.8) is 0 Å². The monoisotopic (exact) mass is 234 g/mol. The third-order valence-corrected chi connectivity index (χ3v) is 3.97. The standard InChI is InChI=1S/C13H22N4/c1-16-9-6-14-13(16)17-7-4-11(5-8-17)10-15-12-2-3-12/h6,9,11-12,15H,2-5,7-8,10H2,1H3. The first-order valence-corrected chi connectivity index (χ1v) is 6.78. The first kappa shape index (κ1) is 11.1. The Kier molecular flexibility index (Phi) is 3.05. The Labute approximate surface area is 103 Å². The summed E-state index contributed by atoms with van der Waals surface area (Å²) >= 11 is 0. The smallest absolute Gasteiger partial charge is 0.205 e. The lowest BCUT2D eigenvalue weighted by atomic mass is 9.97. The van der Waals surface area contributed by atoms with E-state index in [-0.39, 0.29) is 0 Å². The first-order chi connectivity index (χ1) is 8.33. The van der Waals surface area contributed by atoms with Crippen LogP contribution in [0.25, 0.3) is 0 Å². The Morgan fingerprint density at radius 2 is 2.06 bits per heavy atom. The molecule has 4 heteroatoms. The summed E-state index contributed by atoms with van der Waals surface area (Å²) < 4.78 is 2.11. The van der Waals surface area contributed by atoms with Crippen LogP contribution in [0.2, 0.25) is 0 Å².